The van der Waals surface area contributed by atoms with Crippen molar-refractivity contribution in [2.24, 2.45) is 0 Å². The predicted octanol–water partition coefficient (Wildman–Crippen LogP) is 5.01. The number of hydrogen-bond donors (Lipinski definition) is 0. The normalized spacial score (nSPS) is 11.8. The highest BCUT2D eigenvalue weighted by Gasteiger charge is 2.34. The maximum Gasteiger partial charge on any atom is 0.416 e. The van der Waals surface area contributed by atoms with Gasteiger partial charge in [0.25, 0.3) is 0 Å². The van der Waals surface area contributed by atoms with Crippen LogP contribution >= 0.6 is 0 Å². The average molecular weight is 477 g/mol. The molecular weight excluding hydrogens is 456 g/mol. The lowest BCUT2D eigenvalue weighted by atomic mass is 9.94. The largest absolute Gasteiger partial charge is 0.496 e. The van der Waals surface area contributed by atoms with E-state index in [9.17, 15) is 35.9 Å². The van der Waals surface area contributed by atoms with Crippen LogP contribution in [0.1, 0.15) is 23.6 Å². The highest BCUT2D eigenvalue weighted by Crippen LogP contribution is 2.38. The number of carbonyl (C=O) groups excluding carboxylic acids is 2. The molecule has 1 amide bonds. The molecule has 0 saturated heterocycles. The molecule has 0 radical (unpaired) electrons. The molecule has 2 aromatic rings. The van der Waals surface area contributed by atoms with Gasteiger partial charge in [0.2, 0.25) is 5.91 Å². The first-order valence-electron chi connectivity index (χ1n) is 9.51. The van der Waals surface area contributed by atoms with Crippen molar-refractivity contribution in [1.82, 2.24) is 4.90 Å². The maximum absolute atomic E-state index is 13.3. The molecule has 11 heteroatoms. The molecule has 0 aliphatic carbocycles. The highest BCUT2D eigenvalue weighted by molar-refractivity contribution is 5.78. The molecule has 0 aromatic heterocycles. The van der Waals surface area contributed by atoms with Crippen molar-refractivity contribution in [2.75, 3.05) is 20.8 Å². The summed E-state index contributed by atoms with van der Waals surface area (Å²) in [5, 5.41) is 0. The van der Waals surface area contributed by atoms with Crippen LogP contribution in [0.15, 0.2) is 36.4 Å². The standard InChI is InChI=1S/C22H21F6NO4/c1-13(30)29(12-21(23,24)25)11-15-10-16(22(26,27)28)5-6-17(15)18-8-14(9-20(31)33-3)4-7-19(18)32-2/h4-8,10H,9,11-12H2,1-3H3. The van der Waals surface area contributed by atoms with Crippen molar-refractivity contribution in [3.05, 3.63) is 53.1 Å². The van der Waals surface area contributed by atoms with Crippen LogP contribution in [0.2, 0.25) is 0 Å². The van der Waals surface area contributed by atoms with Crippen LogP contribution in [0.3, 0.4) is 0 Å². The lowest BCUT2D eigenvalue weighted by Gasteiger charge is -2.25. The van der Waals surface area contributed by atoms with Crippen LogP contribution in [-0.4, -0.2) is 43.7 Å². The first kappa shape index (κ1) is 26.0. The molecule has 0 aliphatic heterocycles. The van der Waals surface area contributed by atoms with E-state index in [0.29, 0.717) is 16.5 Å². The summed E-state index contributed by atoms with van der Waals surface area (Å²) in [6.45, 7) is -1.45. The van der Waals surface area contributed by atoms with Crippen molar-refractivity contribution in [2.45, 2.75) is 32.2 Å². The minimum Gasteiger partial charge on any atom is -0.496 e. The molecule has 0 heterocycles. The SMILES string of the molecule is COC(=O)Cc1ccc(OC)c(-c2ccc(C(F)(F)F)cc2CN(CC(F)(F)F)C(C)=O)c1. The van der Waals surface area contributed by atoms with Gasteiger partial charge in [0.1, 0.15) is 12.3 Å². The third-order valence-corrected chi connectivity index (χ3v) is 4.74. The summed E-state index contributed by atoms with van der Waals surface area (Å²) >= 11 is 0. The Morgan fingerprint density at radius 1 is 0.939 bits per heavy atom. The average Bonchev–Trinajstić information content (AvgIpc) is 2.71. The third-order valence-electron chi connectivity index (χ3n) is 4.74. The van der Waals surface area contributed by atoms with Crippen LogP contribution in [-0.2, 0) is 33.5 Å². The van der Waals surface area contributed by atoms with Crippen molar-refractivity contribution >= 4 is 11.9 Å². The predicted molar refractivity (Wildman–Crippen MR) is 106 cm³/mol. The molecule has 180 valence electrons. The van der Waals surface area contributed by atoms with Crippen LogP contribution in [0, 0.1) is 0 Å². The Morgan fingerprint density at radius 2 is 1.61 bits per heavy atom. The number of esters is 1. The fourth-order valence-corrected chi connectivity index (χ4v) is 3.18. The molecule has 0 spiro atoms. The molecule has 5 nitrogen and oxygen atoms in total. The van der Waals surface area contributed by atoms with E-state index in [2.05, 4.69) is 4.74 Å². The Bertz CT molecular complexity index is 1020. The van der Waals surface area contributed by atoms with E-state index < -0.39 is 42.9 Å². The van der Waals surface area contributed by atoms with Crippen molar-refractivity contribution in [1.29, 1.82) is 0 Å². The molecule has 0 unspecified atom stereocenters. The Balaban J connectivity index is 2.66. The summed E-state index contributed by atoms with van der Waals surface area (Å²) in [4.78, 5) is 23.9. The number of amides is 1. The zero-order valence-corrected chi connectivity index (χ0v) is 17.9. The van der Waals surface area contributed by atoms with E-state index >= 15 is 0 Å². The first-order chi connectivity index (χ1) is 15.2. The molecule has 0 fully saturated rings. The summed E-state index contributed by atoms with van der Waals surface area (Å²) in [6, 6.07) is 7.09. The Labute approximate surface area is 185 Å². The number of carbonyl (C=O) groups is 2. The van der Waals surface area contributed by atoms with Crippen LogP contribution in [0.25, 0.3) is 11.1 Å². The Kier molecular flexibility index (Phi) is 7.99. The van der Waals surface area contributed by atoms with Crippen molar-refractivity contribution in [3.8, 4) is 16.9 Å². The van der Waals surface area contributed by atoms with E-state index in [4.69, 9.17) is 4.74 Å². The molecular formula is C22H21F6NO4. The van der Waals surface area contributed by atoms with Gasteiger partial charge in [-0.15, -0.1) is 0 Å². The fraction of sp³-hybridized carbons (Fsp3) is 0.364. The second-order valence-corrected chi connectivity index (χ2v) is 7.15. The van der Waals surface area contributed by atoms with Gasteiger partial charge in [0, 0.05) is 19.0 Å². The van der Waals surface area contributed by atoms with E-state index in [1.807, 2.05) is 0 Å². The topological polar surface area (TPSA) is 55.8 Å². The zero-order valence-electron chi connectivity index (χ0n) is 17.9. The van der Waals surface area contributed by atoms with Gasteiger partial charge in [-0.3, -0.25) is 9.59 Å². The number of ether oxygens (including phenoxy) is 2. The Morgan fingerprint density at radius 3 is 2.12 bits per heavy atom. The molecule has 0 bridgehead atoms. The summed E-state index contributed by atoms with van der Waals surface area (Å²) in [6.07, 6.45) is -9.64. The first-order valence-corrected chi connectivity index (χ1v) is 9.51. The van der Waals surface area contributed by atoms with Gasteiger partial charge in [-0.2, -0.15) is 26.3 Å². The number of methoxy groups -OCH3 is 2. The lowest BCUT2D eigenvalue weighted by molar-refractivity contribution is -0.161. The highest BCUT2D eigenvalue weighted by atomic mass is 19.4. The lowest BCUT2D eigenvalue weighted by Crippen LogP contribution is -2.37. The monoisotopic (exact) mass is 477 g/mol. The molecule has 2 rings (SSSR count). The number of halogens is 6. The summed E-state index contributed by atoms with van der Waals surface area (Å²) < 4.78 is 88.7. The second kappa shape index (κ2) is 10.1. The smallest absolute Gasteiger partial charge is 0.416 e. The van der Waals surface area contributed by atoms with Gasteiger partial charge in [0.15, 0.2) is 0 Å². The second-order valence-electron chi connectivity index (χ2n) is 7.15. The van der Waals surface area contributed by atoms with E-state index in [1.54, 1.807) is 6.07 Å². The van der Waals surface area contributed by atoms with Gasteiger partial charge in [-0.1, -0.05) is 12.1 Å². The van der Waals surface area contributed by atoms with Gasteiger partial charge < -0.3 is 14.4 Å². The van der Waals surface area contributed by atoms with Crippen molar-refractivity contribution in [3.63, 3.8) is 0 Å². The number of nitrogens with zero attached hydrogens (tertiary/aromatic N) is 1. The van der Waals surface area contributed by atoms with Gasteiger partial charge in [0.05, 0.1) is 26.2 Å². The van der Waals surface area contributed by atoms with Crippen LogP contribution in [0.4, 0.5) is 26.3 Å². The van der Waals surface area contributed by atoms with Gasteiger partial charge in [-0.05, 0) is 41.0 Å². The van der Waals surface area contributed by atoms with Gasteiger partial charge in [-0.25, -0.2) is 0 Å². The third kappa shape index (κ3) is 7.13. The number of benzene rings is 2. The zero-order chi connectivity index (χ0) is 25.0. The molecule has 0 N–H and O–H groups in total. The number of alkyl halides is 6. The van der Waals surface area contributed by atoms with Gasteiger partial charge >= 0.3 is 18.3 Å². The minimum absolute atomic E-state index is 0.125. The van der Waals surface area contributed by atoms with E-state index in [0.717, 1.165) is 19.1 Å². The van der Waals surface area contributed by atoms with E-state index in [1.165, 1.54) is 26.4 Å². The quantitative estimate of drug-likeness (QED) is 0.416. The molecule has 2 aromatic carbocycles. The van der Waals surface area contributed by atoms with Crippen LogP contribution in [0.5, 0.6) is 5.75 Å². The summed E-state index contributed by atoms with van der Waals surface area (Å²) in [5.74, 6) is -1.30. The molecule has 0 aliphatic rings. The Hall–Kier alpha value is -3.24. The number of hydrogen-bond acceptors (Lipinski definition) is 4. The molecule has 33 heavy (non-hydrogen) atoms. The maximum atomic E-state index is 13.3. The van der Waals surface area contributed by atoms with E-state index in [-0.39, 0.29) is 28.9 Å². The minimum atomic E-state index is -4.75. The van der Waals surface area contributed by atoms with Crippen molar-refractivity contribution < 1.29 is 45.4 Å². The molecule has 0 saturated carbocycles. The summed E-state index contributed by atoms with van der Waals surface area (Å²) in [5.41, 5.74) is -0.431. The summed E-state index contributed by atoms with van der Waals surface area (Å²) in [7, 11) is 2.51. The number of rotatable bonds is 7. The molecule has 0 atom stereocenters. The fourth-order valence-electron chi connectivity index (χ4n) is 3.18. The van der Waals surface area contributed by atoms with Crippen LogP contribution < -0.4 is 4.74 Å².